The lowest BCUT2D eigenvalue weighted by Crippen LogP contribution is -2.32. The standard InChI is InChI=1S/C16H13ClF2N4/c1-8-5-6-11-14(15(8)17)16(21-7-12(22-11)23-20)13-9(18)3-2-4-10(13)19/h2-6H,7,20H2,1H3,(H,22,23). The van der Waals surface area contributed by atoms with Crippen molar-refractivity contribution in [2.75, 3.05) is 6.54 Å². The van der Waals surface area contributed by atoms with Crippen molar-refractivity contribution in [3.8, 4) is 0 Å². The lowest BCUT2D eigenvalue weighted by atomic mass is 9.98. The molecule has 0 aliphatic carbocycles. The Balaban J connectivity index is 2.33. The monoisotopic (exact) mass is 334 g/mol. The van der Waals surface area contributed by atoms with Crippen molar-refractivity contribution in [3.05, 3.63) is 63.7 Å². The number of fused-ring (bicyclic) bond motifs is 1. The van der Waals surface area contributed by atoms with Crippen LogP contribution in [0.25, 0.3) is 0 Å². The molecule has 7 heteroatoms. The summed E-state index contributed by atoms with van der Waals surface area (Å²) in [4.78, 5) is 8.62. The summed E-state index contributed by atoms with van der Waals surface area (Å²) in [6, 6.07) is 7.15. The fourth-order valence-electron chi connectivity index (χ4n) is 2.41. The van der Waals surface area contributed by atoms with E-state index < -0.39 is 11.6 Å². The molecule has 1 aliphatic heterocycles. The molecule has 0 fully saturated rings. The molecule has 0 aromatic heterocycles. The van der Waals surface area contributed by atoms with Crippen LogP contribution in [0.5, 0.6) is 0 Å². The maximum atomic E-state index is 14.2. The van der Waals surface area contributed by atoms with E-state index in [2.05, 4.69) is 15.4 Å². The molecule has 0 amide bonds. The first kappa shape index (κ1) is 15.6. The van der Waals surface area contributed by atoms with Gasteiger partial charge < -0.3 is 5.43 Å². The summed E-state index contributed by atoms with van der Waals surface area (Å²) in [6.45, 7) is 1.86. The molecule has 0 saturated carbocycles. The van der Waals surface area contributed by atoms with E-state index in [1.54, 1.807) is 19.1 Å². The number of hydrogen-bond donors (Lipinski definition) is 2. The zero-order valence-corrected chi connectivity index (χ0v) is 13.0. The van der Waals surface area contributed by atoms with E-state index in [1.165, 1.54) is 18.2 Å². The number of nitrogens with zero attached hydrogens (tertiary/aromatic N) is 2. The second-order valence-electron chi connectivity index (χ2n) is 5.05. The van der Waals surface area contributed by atoms with Crippen LogP contribution in [0, 0.1) is 18.6 Å². The quantitative estimate of drug-likeness (QED) is 0.621. The summed E-state index contributed by atoms with van der Waals surface area (Å²) in [5.74, 6) is 4.36. The van der Waals surface area contributed by atoms with Crippen LogP contribution in [0.15, 0.2) is 40.3 Å². The third-order valence-electron chi connectivity index (χ3n) is 3.56. The van der Waals surface area contributed by atoms with Crippen LogP contribution >= 0.6 is 11.6 Å². The third-order valence-corrected chi connectivity index (χ3v) is 4.05. The molecular weight excluding hydrogens is 322 g/mol. The smallest absolute Gasteiger partial charge is 0.138 e. The number of amidine groups is 1. The van der Waals surface area contributed by atoms with Gasteiger partial charge in [-0.15, -0.1) is 0 Å². The van der Waals surface area contributed by atoms with Crippen LogP contribution in [-0.2, 0) is 0 Å². The summed E-state index contributed by atoms with van der Waals surface area (Å²) >= 11 is 6.38. The molecule has 3 rings (SSSR count). The maximum absolute atomic E-state index is 14.2. The Labute approximate surface area is 136 Å². The molecule has 0 saturated heterocycles. The summed E-state index contributed by atoms with van der Waals surface area (Å²) < 4.78 is 28.5. The average Bonchev–Trinajstić information content (AvgIpc) is 2.71. The van der Waals surface area contributed by atoms with Crippen molar-refractivity contribution in [2.24, 2.45) is 15.8 Å². The molecule has 1 heterocycles. The topological polar surface area (TPSA) is 62.8 Å². The first-order valence-corrected chi connectivity index (χ1v) is 7.23. The van der Waals surface area contributed by atoms with Crippen LogP contribution in [0.4, 0.5) is 14.5 Å². The first-order chi connectivity index (χ1) is 11.0. The van der Waals surface area contributed by atoms with Gasteiger partial charge in [-0.3, -0.25) is 4.99 Å². The number of halogens is 3. The van der Waals surface area contributed by atoms with Crippen LogP contribution in [0.2, 0.25) is 5.02 Å². The molecule has 2 aromatic carbocycles. The Morgan fingerprint density at radius 3 is 2.48 bits per heavy atom. The minimum Gasteiger partial charge on any atom is -0.310 e. The van der Waals surface area contributed by atoms with Crippen molar-refractivity contribution >= 4 is 28.8 Å². The van der Waals surface area contributed by atoms with E-state index in [1.807, 2.05) is 0 Å². The third kappa shape index (κ3) is 2.71. The van der Waals surface area contributed by atoms with Gasteiger partial charge in [0.05, 0.1) is 28.5 Å². The second kappa shape index (κ2) is 6.06. The van der Waals surface area contributed by atoms with E-state index in [9.17, 15) is 8.78 Å². The molecule has 1 aliphatic rings. The highest BCUT2D eigenvalue weighted by atomic mass is 35.5. The fraction of sp³-hybridized carbons (Fsp3) is 0.125. The van der Waals surface area contributed by atoms with Gasteiger partial charge in [-0.2, -0.15) is 0 Å². The van der Waals surface area contributed by atoms with E-state index in [0.29, 0.717) is 22.1 Å². The van der Waals surface area contributed by atoms with E-state index in [-0.39, 0.29) is 17.8 Å². The number of hydrogen-bond acceptors (Lipinski definition) is 4. The van der Waals surface area contributed by atoms with Gasteiger partial charge in [0.25, 0.3) is 0 Å². The van der Waals surface area contributed by atoms with Crippen LogP contribution in [0.3, 0.4) is 0 Å². The van der Waals surface area contributed by atoms with Crippen LogP contribution in [-0.4, -0.2) is 18.1 Å². The van der Waals surface area contributed by atoms with Gasteiger partial charge in [-0.05, 0) is 30.7 Å². The van der Waals surface area contributed by atoms with Crippen molar-refractivity contribution in [1.82, 2.24) is 5.43 Å². The van der Waals surface area contributed by atoms with Gasteiger partial charge in [0.15, 0.2) is 0 Å². The summed E-state index contributed by atoms with van der Waals surface area (Å²) in [7, 11) is 0. The number of aryl methyl sites for hydroxylation is 1. The molecule has 0 radical (unpaired) electrons. The van der Waals surface area contributed by atoms with Crippen molar-refractivity contribution in [1.29, 1.82) is 0 Å². The van der Waals surface area contributed by atoms with E-state index >= 15 is 0 Å². The Kier molecular flexibility index (Phi) is 4.11. The lowest BCUT2D eigenvalue weighted by molar-refractivity contribution is 0.579. The molecule has 2 aromatic rings. The summed E-state index contributed by atoms with van der Waals surface area (Å²) in [6.07, 6.45) is 0. The van der Waals surface area contributed by atoms with Gasteiger partial charge in [-0.1, -0.05) is 23.7 Å². The zero-order chi connectivity index (χ0) is 16.6. The fourth-order valence-corrected chi connectivity index (χ4v) is 2.66. The van der Waals surface area contributed by atoms with Gasteiger partial charge >= 0.3 is 0 Å². The molecule has 3 N–H and O–H groups in total. The minimum absolute atomic E-state index is 0.0592. The molecule has 4 nitrogen and oxygen atoms in total. The molecule has 0 bridgehead atoms. The SMILES string of the molecule is Cc1ccc2c(c1Cl)C(c1c(F)cccc1F)=NCC(NN)=N2. The van der Waals surface area contributed by atoms with Gasteiger partial charge in [-0.25, -0.2) is 19.6 Å². The summed E-state index contributed by atoms with van der Waals surface area (Å²) in [5, 5.41) is 0.353. The Bertz CT molecular complexity index is 826. The zero-order valence-electron chi connectivity index (χ0n) is 12.2. The summed E-state index contributed by atoms with van der Waals surface area (Å²) in [5.41, 5.74) is 3.93. The Hall–Kier alpha value is -2.31. The second-order valence-corrected chi connectivity index (χ2v) is 5.43. The number of rotatable bonds is 1. The van der Waals surface area contributed by atoms with E-state index in [4.69, 9.17) is 17.4 Å². The molecule has 118 valence electrons. The van der Waals surface area contributed by atoms with Crippen LogP contribution in [0.1, 0.15) is 16.7 Å². The predicted molar refractivity (Wildman–Crippen MR) is 87.5 cm³/mol. The van der Waals surface area contributed by atoms with Crippen LogP contribution < -0.4 is 11.3 Å². The Morgan fingerprint density at radius 2 is 1.83 bits per heavy atom. The number of nitrogens with one attached hydrogen (secondary N) is 1. The number of benzene rings is 2. The predicted octanol–water partition coefficient (Wildman–Crippen LogP) is 3.27. The first-order valence-electron chi connectivity index (χ1n) is 6.85. The highest BCUT2D eigenvalue weighted by Gasteiger charge is 2.24. The normalized spacial score (nSPS) is 13.8. The van der Waals surface area contributed by atoms with Gasteiger partial charge in [0.2, 0.25) is 0 Å². The number of hydrazine groups is 1. The van der Waals surface area contributed by atoms with Crippen molar-refractivity contribution in [2.45, 2.75) is 6.92 Å². The number of aliphatic imine (C=N–C) groups is 2. The van der Waals surface area contributed by atoms with Gasteiger partial charge in [0.1, 0.15) is 17.5 Å². The molecule has 0 unspecified atom stereocenters. The molecule has 23 heavy (non-hydrogen) atoms. The van der Waals surface area contributed by atoms with Gasteiger partial charge in [0, 0.05) is 5.56 Å². The van der Waals surface area contributed by atoms with Crippen molar-refractivity contribution in [3.63, 3.8) is 0 Å². The van der Waals surface area contributed by atoms with E-state index in [0.717, 1.165) is 5.56 Å². The number of nitrogens with two attached hydrogens (primary N) is 1. The maximum Gasteiger partial charge on any atom is 0.138 e. The van der Waals surface area contributed by atoms with Crippen molar-refractivity contribution < 1.29 is 8.78 Å². The molecule has 0 spiro atoms. The average molecular weight is 335 g/mol. The molecule has 0 atom stereocenters. The Morgan fingerprint density at radius 1 is 1.13 bits per heavy atom. The highest BCUT2D eigenvalue weighted by molar-refractivity contribution is 6.37. The highest BCUT2D eigenvalue weighted by Crippen LogP contribution is 2.34. The largest absolute Gasteiger partial charge is 0.310 e. The lowest BCUT2D eigenvalue weighted by Gasteiger charge is -2.13. The minimum atomic E-state index is -0.712. The molecular formula is C16H13ClF2N4.